The summed E-state index contributed by atoms with van der Waals surface area (Å²) in [7, 11) is -3.82. The topological polar surface area (TPSA) is 0 Å². The van der Waals surface area contributed by atoms with Gasteiger partial charge in [0.1, 0.15) is 0 Å². The molecule has 0 radical (unpaired) electrons. The zero-order valence-electron chi connectivity index (χ0n) is 15.0. The highest BCUT2D eigenvalue weighted by atomic mass is 31.1. The third-order valence-corrected chi connectivity index (χ3v) is 6.71. The molecular formula is C17H19F10P. The van der Waals surface area contributed by atoms with Crippen molar-refractivity contribution in [3.63, 3.8) is 0 Å². The minimum atomic E-state index is -5.90. The standard InChI is InChI=1S/C17H19F10P/c1-3-5-6-7-8-15(22,23)16(24,25)17(26,27)28(4-2)11-9-10(18)12(19)14(21)13(11)20/h9H,3-8H2,1-2H3. The molecule has 0 aromatic heterocycles. The smallest absolute Gasteiger partial charge is 0.204 e. The van der Waals surface area contributed by atoms with Crippen LogP contribution in [0.2, 0.25) is 0 Å². The van der Waals surface area contributed by atoms with Gasteiger partial charge in [0.05, 0.1) is 0 Å². The summed E-state index contributed by atoms with van der Waals surface area (Å²) < 4.78 is 139. The Kier molecular flexibility index (Phi) is 8.19. The van der Waals surface area contributed by atoms with Gasteiger partial charge in [-0.25, -0.2) is 17.6 Å². The Morgan fingerprint density at radius 3 is 1.86 bits per heavy atom. The molecule has 0 bridgehead atoms. The Morgan fingerprint density at radius 2 is 1.36 bits per heavy atom. The summed E-state index contributed by atoms with van der Waals surface area (Å²) >= 11 is 0. The van der Waals surface area contributed by atoms with Crippen molar-refractivity contribution in [1.29, 1.82) is 0 Å². The predicted molar refractivity (Wildman–Crippen MR) is 87.0 cm³/mol. The lowest BCUT2D eigenvalue weighted by atomic mass is 10.0. The zero-order chi connectivity index (χ0) is 21.9. The lowest BCUT2D eigenvalue weighted by Gasteiger charge is -2.37. The van der Waals surface area contributed by atoms with Gasteiger partial charge in [-0.05, 0) is 18.6 Å². The van der Waals surface area contributed by atoms with Crippen LogP contribution in [0.3, 0.4) is 0 Å². The molecule has 1 unspecified atom stereocenters. The van der Waals surface area contributed by atoms with Gasteiger partial charge in [0, 0.05) is 19.6 Å². The predicted octanol–water partition coefficient (Wildman–Crippen LogP) is 7.20. The van der Waals surface area contributed by atoms with E-state index in [1.165, 1.54) is 0 Å². The number of hydrogen-bond acceptors (Lipinski definition) is 0. The van der Waals surface area contributed by atoms with Crippen molar-refractivity contribution >= 4 is 13.2 Å². The van der Waals surface area contributed by atoms with E-state index in [9.17, 15) is 43.9 Å². The Bertz CT molecular complexity index is 674. The summed E-state index contributed by atoms with van der Waals surface area (Å²) in [4.78, 5) is 0. The third kappa shape index (κ3) is 4.57. The fourth-order valence-corrected chi connectivity index (χ4v) is 4.74. The van der Waals surface area contributed by atoms with Crippen molar-refractivity contribution in [3.8, 4) is 0 Å². The molecule has 0 aliphatic heterocycles. The molecule has 0 nitrogen and oxygen atoms in total. The summed E-state index contributed by atoms with van der Waals surface area (Å²) in [6.45, 7) is 2.58. The maximum absolute atomic E-state index is 14.5. The molecule has 0 aliphatic rings. The first-order valence-electron chi connectivity index (χ1n) is 8.50. The van der Waals surface area contributed by atoms with E-state index in [-0.39, 0.29) is 12.5 Å². The molecule has 0 amide bonds. The highest BCUT2D eigenvalue weighted by Gasteiger charge is 2.73. The molecule has 0 saturated heterocycles. The molecule has 1 rings (SSSR count). The van der Waals surface area contributed by atoms with Gasteiger partial charge in [-0.15, -0.1) is 0 Å². The number of rotatable bonds is 10. The first-order valence-corrected chi connectivity index (χ1v) is 10.0. The van der Waals surface area contributed by atoms with Crippen molar-refractivity contribution in [2.45, 2.75) is 63.5 Å². The van der Waals surface area contributed by atoms with Crippen LogP contribution in [0.1, 0.15) is 46.0 Å². The van der Waals surface area contributed by atoms with E-state index in [0.717, 1.165) is 6.92 Å². The van der Waals surface area contributed by atoms with Crippen molar-refractivity contribution in [2.24, 2.45) is 0 Å². The van der Waals surface area contributed by atoms with Gasteiger partial charge in [-0.1, -0.05) is 33.1 Å². The molecule has 0 spiro atoms. The highest BCUT2D eigenvalue weighted by molar-refractivity contribution is 7.66. The van der Waals surface area contributed by atoms with Gasteiger partial charge in [-0.2, -0.15) is 26.3 Å². The summed E-state index contributed by atoms with van der Waals surface area (Å²) in [5.41, 5.74) is -5.50. The average Bonchev–Trinajstić information content (AvgIpc) is 2.61. The van der Waals surface area contributed by atoms with Crippen LogP contribution in [-0.4, -0.2) is 23.7 Å². The fourth-order valence-electron chi connectivity index (χ4n) is 2.60. The molecule has 11 heteroatoms. The second-order valence-electron chi connectivity index (χ2n) is 6.19. The number of benzene rings is 1. The lowest BCUT2D eigenvalue weighted by Crippen LogP contribution is -2.54. The van der Waals surface area contributed by atoms with Gasteiger partial charge >= 0.3 is 17.5 Å². The molecule has 28 heavy (non-hydrogen) atoms. The Labute approximate surface area is 157 Å². The SMILES string of the molecule is CCCCCCC(F)(F)C(F)(F)C(F)(F)P(CC)c1cc(F)c(F)c(F)c1F. The van der Waals surface area contributed by atoms with Crippen molar-refractivity contribution in [3.05, 3.63) is 29.3 Å². The highest BCUT2D eigenvalue weighted by Crippen LogP contribution is 2.63. The normalized spacial score (nSPS) is 14.4. The van der Waals surface area contributed by atoms with E-state index in [2.05, 4.69) is 0 Å². The first-order chi connectivity index (χ1) is 12.8. The number of halogens is 10. The van der Waals surface area contributed by atoms with Crippen LogP contribution < -0.4 is 5.30 Å². The van der Waals surface area contributed by atoms with Gasteiger partial charge in [-0.3, -0.25) is 0 Å². The monoisotopic (exact) mass is 444 g/mol. The Balaban J connectivity index is 3.33. The molecule has 0 saturated carbocycles. The second-order valence-corrected chi connectivity index (χ2v) is 8.73. The van der Waals surface area contributed by atoms with Crippen molar-refractivity contribution in [1.82, 2.24) is 0 Å². The number of unbranched alkanes of at least 4 members (excludes halogenated alkanes) is 3. The Hall–Kier alpha value is -1.05. The van der Waals surface area contributed by atoms with Crippen molar-refractivity contribution in [2.75, 3.05) is 6.16 Å². The average molecular weight is 444 g/mol. The quantitative estimate of drug-likeness (QED) is 0.118. The van der Waals surface area contributed by atoms with Crippen LogP contribution in [0.4, 0.5) is 43.9 Å². The molecule has 162 valence electrons. The van der Waals surface area contributed by atoms with Crippen LogP contribution in [-0.2, 0) is 0 Å². The first kappa shape index (κ1) is 25.0. The van der Waals surface area contributed by atoms with Crippen LogP contribution >= 0.6 is 7.92 Å². The van der Waals surface area contributed by atoms with E-state index in [0.29, 0.717) is 12.8 Å². The van der Waals surface area contributed by atoms with Gasteiger partial charge < -0.3 is 0 Å². The maximum atomic E-state index is 14.5. The van der Waals surface area contributed by atoms with E-state index in [1.54, 1.807) is 6.92 Å². The zero-order valence-corrected chi connectivity index (χ0v) is 15.9. The largest absolute Gasteiger partial charge is 0.376 e. The molecule has 1 aromatic rings. The molecule has 0 N–H and O–H groups in total. The van der Waals surface area contributed by atoms with Gasteiger partial charge in [0.2, 0.25) is 0 Å². The van der Waals surface area contributed by atoms with Gasteiger partial charge in [0.15, 0.2) is 23.3 Å². The molecule has 1 aromatic carbocycles. The molecule has 0 heterocycles. The maximum Gasteiger partial charge on any atom is 0.376 e. The second kappa shape index (κ2) is 9.18. The fraction of sp³-hybridized carbons (Fsp3) is 0.647. The van der Waals surface area contributed by atoms with Crippen LogP contribution in [0.15, 0.2) is 6.07 Å². The van der Waals surface area contributed by atoms with Crippen LogP contribution in [0.5, 0.6) is 0 Å². The van der Waals surface area contributed by atoms with E-state index < -0.39 is 73.0 Å². The molecule has 0 aliphatic carbocycles. The summed E-state index contributed by atoms with van der Waals surface area (Å²) in [5, 5.41) is -1.57. The third-order valence-electron chi connectivity index (χ3n) is 4.21. The van der Waals surface area contributed by atoms with E-state index >= 15 is 0 Å². The minimum absolute atomic E-state index is 0.124. The Morgan fingerprint density at radius 1 is 0.786 bits per heavy atom. The van der Waals surface area contributed by atoms with Crippen molar-refractivity contribution < 1.29 is 43.9 Å². The number of alkyl halides is 6. The van der Waals surface area contributed by atoms with E-state index in [4.69, 9.17) is 0 Å². The summed E-state index contributed by atoms with van der Waals surface area (Å²) in [6.07, 6.45) is -1.80. The molecule has 0 fully saturated rings. The molecular weight excluding hydrogens is 425 g/mol. The molecule has 1 atom stereocenters. The van der Waals surface area contributed by atoms with E-state index in [1.807, 2.05) is 0 Å². The summed E-state index contributed by atoms with van der Waals surface area (Å²) in [6, 6.07) is -0.188. The minimum Gasteiger partial charge on any atom is -0.204 e. The summed E-state index contributed by atoms with van der Waals surface area (Å²) in [5.74, 6) is -20.2. The van der Waals surface area contributed by atoms with Crippen LogP contribution in [0.25, 0.3) is 0 Å². The lowest BCUT2D eigenvalue weighted by molar-refractivity contribution is -0.280. The van der Waals surface area contributed by atoms with Gasteiger partial charge in [0.25, 0.3) is 0 Å². The number of hydrogen-bond donors (Lipinski definition) is 0. The van der Waals surface area contributed by atoms with Crippen LogP contribution in [0, 0.1) is 23.3 Å².